The molecule has 2 heterocycles. The fraction of sp³-hybridized carbons (Fsp3) is 0. The van der Waals surface area contributed by atoms with Crippen LogP contribution in [0.2, 0.25) is 0 Å². The summed E-state index contributed by atoms with van der Waals surface area (Å²) in [7, 11) is 0. The summed E-state index contributed by atoms with van der Waals surface area (Å²) in [5.41, 5.74) is 3.39. The maximum atomic E-state index is 4.38. The molecule has 113 valence electrons. The maximum absolute atomic E-state index is 4.38. The van der Waals surface area contributed by atoms with Gasteiger partial charge in [-0.1, -0.05) is 24.3 Å². The van der Waals surface area contributed by atoms with Crippen LogP contribution in [0.4, 0.5) is 0 Å². The van der Waals surface area contributed by atoms with Crippen molar-refractivity contribution in [2.45, 2.75) is 0 Å². The summed E-state index contributed by atoms with van der Waals surface area (Å²) in [6, 6.07) is 26.7. The molecule has 0 atom stereocenters. The van der Waals surface area contributed by atoms with E-state index in [9.17, 15) is 0 Å². The molecule has 0 saturated heterocycles. The van der Waals surface area contributed by atoms with E-state index >= 15 is 0 Å². The van der Waals surface area contributed by atoms with Crippen LogP contribution in [0.25, 0.3) is 32.7 Å². The van der Waals surface area contributed by atoms with Gasteiger partial charge < -0.3 is 4.98 Å². The van der Waals surface area contributed by atoms with Crippen molar-refractivity contribution in [1.82, 2.24) is 9.97 Å². The summed E-state index contributed by atoms with van der Waals surface area (Å²) < 4.78 is 0. The third kappa shape index (κ3) is 2.93. The average molecular weight is 384 g/mol. The van der Waals surface area contributed by atoms with Crippen LogP contribution in [0.3, 0.4) is 0 Å². The van der Waals surface area contributed by atoms with Crippen molar-refractivity contribution < 1.29 is 19.5 Å². The molecule has 3 aromatic carbocycles. The van der Waals surface area contributed by atoms with E-state index in [1.807, 2.05) is 42.6 Å². The molecular formula is C20H15N2Ru. The monoisotopic (exact) mass is 385 g/mol. The number of nitrogens with zero attached hydrogens (tertiary/aromatic N) is 1. The van der Waals surface area contributed by atoms with Crippen LogP contribution in [0.1, 0.15) is 0 Å². The van der Waals surface area contributed by atoms with Gasteiger partial charge in [0.1, 0.15) is 0 Å². The number of hydrogen-bond acceptors (Lipinski definition) is 1. The van der Waals surface area contributed by atoms with Crippen molar-refractivity contribution in [2.24, 2.45) is 0 Å². The maximum Gasteiger partial charge on any atom is 1.00 e. The minimum Gasteiger partial charge on any atom is -0.354 e. The third-order valence-electron chi connectivity index (χ3n) is 3.82. The Morgan fingerprint density at radius 2 is 1.52 bits per heavy atom. The van der Waals surface area contributed by atoms with Crippen molar-refractivity contribution in [3.05, 3.63) is 85.1 Å². The summed E-state index contributed by atoms with van der Waals surface area (Å²) in [6.07, 6.45) is 1.83. The zero-order valence-corrected chi connectivity index (χ0v) is 14.1. The zero-order chi connectivity index (χ0) is 14.8. The predicted octanol–water partition coefficient (Wildman–Crippen LogP) is 5.27. The first-order valence-corrected chi connectivity index (χ1v) is 7.34. The van der Waals surface area contributed by atoms with E-state index in [0.29, 0.717) is 0 Å². The normalized spacial score (nSPS) is 10.3. The molecule has 0 unspecified atom stereocenters. The van der Waals surface area contributed by atoms with Crippen LogP contribution in [-0.4, -0.2) is 9.97 Å². The first-order valence-electron chi connectivity index (χ1n) is 7.34. The Hall–Kier alpha value is -2.38. The Morgan fingerprint density at radius 3 is 2.30 bits per heavy atom. The van der Waals surface area contributed by atoms with Crippen molar-refractivity contribution in [3.8, 4) is 0 Å². The number of H-pyrrole nitrogens is 1. The molecule has 0 aliphatic heterocycles. The zero-order valence-electron chi connectivity index (χ0n) is 12.4. The quantitative estimate of drug-likeness (QED) is 0.286. The van der Waals surface area contributed by atoms with E-state index in [1.165, 1.54) is 27.2 Å². The topological polar surface area (TPSA) is 28.7 Å². The van der Waals surface area contributed by atoms with E-state index in [-0.39, 0.29) is 19.5 Å². The minimum atomic E-state index is 0. The van der Waals surface area contributed by atoms with E-state index in [1.54, 1.807) is 0 Å². The second kappa shape index (κ2) is 6.81. The van der Waals surface area contributed by atoms with Gasteiger partial charge in [0.2, 0.25) is 0 Å². The molecule has 0 spiro atoms. The Bertz CT molecular complexity index is 1010. The van der Waals surface area contributed by atoms with E-state index in [2.05, 4.69) is 52.4 Å². The molecule has 0 aliphatic rings. The van der Waals surface area contributed by atoms with Gasteiger partial charge in [-0.25, -0.2) is 12.1 Å². The van der Waals surface area contributed by atoms with Crippen molar-refractivity contribution in [1.29, 1.82) is 0 Å². The molecule has 0 fully saturated rings. The van der Waals surface area contributed by atoms with Crippen LogP contribution >= 0.6 is 0 Å². The molecule has 1 radical (unpaired) electrons. The molecule has 5 rings (SSSR count). The number of para-hydroxylation sites is 1. The first kappa shape index (κ1) is 15.5. The van der Waals surface area contributed by atoms with Crippen LogP contribution in [-0.2, 0) is 19.5 Å². The average Bonchev–Trinajstić information content (AvgIpc) is 3.26. The summed E-state index contributed by atoms with van der Waals surface area (Å²) in [5, 5.41) is 3.72. The third-order valence-corrected chi connectivity index (χ3v) is 3.82. The number of fused-ring (bicyclic) bond motifs is 5. The molecule has 23 heavy (non-hydrogen) atoms. The van der Waals surface area contributed by atoms with Gasteiger partial charge in [-0.2, -0.15) is 18.2 Å². The molecule has 3 heteroatoms. The van der Waals surface area contributed by atoms with Crippen LogP contribution in [0.5, 0.6) is 0 Å². The first-order chi connectivity index (χ1) is 10.9. The number of pyridine rings is 1. The van der Waals surface area contributed by atoms with Gasteiger partial charge in [-0.05, 0) is 24.3 Å². The summed E-state index contributed by atoms with van der Waals surface area (Å²) in [6.45, 7) is 0. The standard InChI is InChI=1S/C15H10N2.C5H5.Ru/c1-2-6-14-10(4-1)11-7-8-13-12(15(11)17-14)5-3-9-16-13;1-2-4-5-3-1;/h1-9,17H;1-5H;/q;-1;+1. The number of benzene rings is 2. The molecule has 0 saturated carbocycles. The smallest absolute Gasteiger partial charge is 0.354 e. The number of aromatic amines is 1. The molecule has 1 N–H and O–H groups in total. The Balaban J connectivity index is 0.000000226. The molecule has 2 nitrogen and oxygen atoms in total. The Labute approximate surface area is 147 Å². The fourth-order valence-corrected chi connectivity index (χ4v) is 2.79. The van der Waals surface area contributed by atoms with E-state index < -0.39 is 0 Å². The second-order valence-corrected chi connectivity index (χ2v) is 5.19. The molecule has 2 aromatic heterocycles. The predicted molar refractivity (Wildman–Crippen MR) is 93.1 cm³/mol. The number of hydrogen-bond donors (Lipinski definition) is 1. The molecule has 0 amide bonds. The van der Waals surface area contributed by atoms with Crippen molar-refractivity contribution in [3.63, 3.8) is 0 Å². The fourth-order valence-electron chi connectivity index (χ4n) is 2.79. The summed E-state index contributed by atoms with van der Waals surface area (Å²) in [4.78, 5) is 7.86. The van der Waals surface area contributed by atoms with Gasteiger partial charge in [0.25, 0.3) is 0 Å². The number of rotatable bonds is 0. The summed E-state index contributed by atoms with van der Waals surface area (Å²) in [5.74, 6) is 0. The molecule has 0 aliphatic carbocycles. The van der Waals surface area contributed by atoms with Crippen molar-refractivity contribution >= 4 is 32.7 Å². The van der Waals surface area contributed by atoms with Gasteiger partial charge in [0.05, 0.1) is 11.0 Å². The number of nitrogens with one attached hydrogen (secondary N) is 1. The molecular weight excluding hydrogens is 369 g/mol. The van der Waals surface area contributed by atoms with Gasteiger partial charge in [-0.3, -0.25) is 4.98 Å². The Morgan fingerprint density at radius 1 is 0.739 bits per heavy atom. The summed E-state index contributed by atoms with van der Waals surface area (Å²) >= 11 is 0. The van der Waals surface area contributed by atoms with E-state index in [0.717, 1.165) is 5.52 Å². The largest absolute Gasteiger partial charge is 1.00 e. The number of aromatic nitrogens is 2. The molecule has 0 bridgehead atoms. The van der Waals surface area contributed by atoms with Gasteiger partial charge in [0, 0.05) is 27.9 Å². The van der Waals surface area contributed by atoms with Crippen LogP contribution in [0, 0.1) is 0 Å². The second-order valence-electron chi connectivity index (χ2n) is 5.19. The SMILES string of the molecule is [Ru+].c1cc[cH-]c1.c1ccc2c(c1)[nH]c1c3cccnc3ccc21. The molecule has 5 aromatic rings. The van der Waals surface area contributed by atoms with Crippen molar-refractivity contribution in [2.75, 3.05) is 0 Å². The van der Waals surface area contributed by atoms with Gasteiger partial charge >= 0.3 is 19.5 Å². The minimum absolute atomic E-state index is 0. The van der Waals surface area contributed by atoms with Crippen LogP contribution in [0.15, 0.2) is 85.1 Å². The van der Waals surface area contributed by atoms with Gasteiger partial charge in [-0.15, -0.1) is 0 Å². The van der Waals surface area contributed by atoms with Crippen LogP contribution < -0.4 is 0 Å². The van der Waals surface area contributed by atoms with Gasteiger partial charge in [0.15, 0.2) is 0 Å². The Kier molecular flexibility index (Phi) is 4.59. The van der Waals surface area contributed by atoms with E-state index in [4.69, 9.17) is 0 Å².